The molecule has 0 bridgehead atoms. The third kappa shape index (κ3) is 5.98. The second-order valence-corrected chi connectivity index (χ2v) is 11.9. The van der Waals surface area contributed by atoms with Crippen molar-refractivity contribution in [2.45, 2.75) is 69.4 Å². The van der Waals surface area contributed by atoms with Crippen LogP contribution in [0.5, 0.6) is 0 Å². The van der Waals surface area contributed by atoms with Crippen molar-refractivity contribution in [3.63, 3.8) is 0 Å². The molecule has 0 aliphatic heterocycles. The number of nitrogens with two attached hydrogens (primary N) is 1. The van der Waals surface area contributed by atoms with Crippen molar-refractivity contribution in [3.05, 3.63) is 64.8 Å². The molecule has 1 fully saturated rings. The second-order valence-electron chi connectivity index (χ2n) is 9.87. The zero-order valence-corrected chi connectivity index (χ0v) is 23.6. The Morgan fingerprint density at radius 1 is 1.00 bits per heavy atom. The molecule has 0 unspecified atom stereocenters. The molecule has 1 saturated carbocycles. The topological polar surface area (TPSA) is 136 Å². The summed E-state index contributed by atoms with van der Waals surface area (Å²) in [4.78, 5) is 9.41. The number of sulfonamides is 1. The Balaban J connectivity index is 1.43. The smallest absolute Gasteiger partial charge is 0.264 e. The number of aryl methyl sites for hydroxylation is 2. The van der Waals surface area contributed by atoms with Crippen molar-refractivity contribution in [1.29, 1.82) is 0 Å². The van der Waals surface area contributed by atoms with Crippen molar-refractivity contribution in [3.8, 4) is 11.3 Å². The SMILES string of the molecule is CCc1cc(-c2cc(CC)c3nc(N[C@H]4CC[C@H](N)CC4)ncc3c2)nnc1NS(=O)(=O)c1ccccc1Cl. The fourth-order valence-electron chi connectivity index (χ4n) is 4.92. The highest BCUT2D eigenvalue weighted by Gasteiger charge is 2.22. The number of aromatic nitrogens is 4. The van der Waals surface area contributed by atoms with Crippen LogP contribution in [0.2, 0.25) is 5.02 Å². The lowest BCUT2D eigenvalue weighted by Gasteiger charge is -2.26. The maximum absolute atomic E-state index is 13.0. The zero-order chi connectivity index (χ0) is 27.6. The van der Waals surface area contributed by atoms with Crippen molar-refractivity contribution in [2.75, 3.05) is 10.0 Å². The molecule has 4 aromatic rings. The van der Waals surface area contributed by atoms with Gasteiger partial charge < -0.3 is 11.1 Å². The minimum atomic E-state index is -3.92. The highest BCUT2D eigenvalue weighted by molar-refractivity contribution is 7.92. The quantitative estimate of drug-likeness (QED) is 0.260. The first kappa shape index (κ1) is 27.2. The molecule has 4 N–H and O–H groups in total. The maximum Gasteiger partial charge on any atom is 0.264 e. The fraction of sp³-hybridized carbons (Fsp3) is 0.357. The zero-order valence-electron chi connectivity index (χ0n) is 22.0. The first-order valence-electron chi connectivity index (χ1n) is 13.2. The molecule has 1 aliphatic rings. The van der Waals surface area contributed by atoms with Gasteiger partial charge in [0.05, 0.1) is 16.2 Å². The van der Waals surface area contributed by atoms with E-state index in [0.717, 1.165) is 59.7 Å². The minimum Gasteiger partial charge on any atom is -0.351 e. The van der Waals surface area contributed by atoms with E-state index in [9.17, 15) is 8.42 Å². The molecular weight excluding hydrogens is 534 g/mol. The molecule has 9 nitrogen and oxygen atoms in total. The van der Waals surface area contributed by atoms with E-state index in [1.54, 1.807) is 12.1 Å². The van der Waals surface area contributed by atoms with Crippen LogP contribution >= 0.6 is 11.6 Å². The number of nitrogens with one attached hydrogen (secondary N) is 2. The van der Waals surface area contributed by atoms with Gasteiger partial charge in [-0.25, -0.2) is 18.4 Å². The Labute approximate surface area is 233 Å². The molecule has 0 amide bonds. The molecule has 5 rings (SSSR count). The Kier molecular flexibility index (Phi) is 7.97. The summed E-state index contributed by atoms with van der Waals surface area (Å²) in [5.74, 6) is 0.814. The summed E-state index contributed by atoms with van der Waals surface area (Å²) < 4.78 is 28.5. The predicted octanol–water partition coefficient (Wildman–Crippen LogP) is 5.35. The van der Waals surface area contributed by atoms with Crippen molar-refractivity contribution < 1.29 is 8.42 Å². The monoisotopic (exact) mass is 565 g/mol. The number of fused-ring (bicyclic) bond motifs is 1. The van der Waals surface area contributed by atoms with Crippen LogP contribution in [0.25, 0.3) is 22.2 Å². The Bertz CT molecular complexity index is 1610. The number of anilines is 2. The average Bonchev–Trinajstić information content (AvgIpc) is 2.94. The third-order valence-electron chi connectivity index (χ3n) is 7.15. The van der Waals surface area contributed by atoms with Crippen LogP contribution < -0.4 is 15.8 Å². The molecular formula is C28H32ClN7O2S. The Morgan fingerprint density at radius 3 is 2.46 bits per heavy atom. The van der Waals surface area contributed by atoms with Gasteiger partial charge in [0.15, 0.2) is 5.82 Å². The molecule has 39 heavy (non-hydrogen) atoms. The van der Waals surface area contributed by atoms with E-state index in [4.69, 9.17) is 22.3 Å². The van der Waals surface area contributed by atoms with E-state index < -0.39 is 10.0 Å². The summed E-state index contributed by atoms with van der Waals surface area (Å²) in [7, 11) is -3.92. The van der Waals surface area contributed by atoms with Crippen LogP contribution in [0.15, 0.2) is 53.6 Å². The van der Waals surface area contributed by atoms with E-state index in [2.05, 4.69) is 38.2 Å². The molecule has 1 aliphatic carbocycles. The third-order valence-corrected chi connectivity index (χ3v) is 8.99. The molecule has 0 atom stereocenters. The summed E-state index contributed by atoms with van der Waals surface area (Å²) in [6.45, 7) is 4.03. The van der Waals surface area contributed by atoms with Crippen molar-refractivity contribution in [2.24, 2.45) is 5.73 Å². The molecule has 11 heteroatoms. The van der Waals surface area contributed by atoms with E-state index >= 15 is 0 Å². The highest BCUT2D eigenvalue weighted by Crippen LogP contribution is 2.30. The number of nitrogens with zero attached hydrogens (tertiary/aromatic N) is 4. The van der Waals surface area contributed by atoms with Gasteiger partial charge in [-0.2, -0.15) is 0 Å². The van der Waals surface area contributed by atoms with Crippen molar-refractivity contribution >= 4 is 44.3 Å². The summed E-state index contributed by atoms with van der Waals surface area (Å²) in [6.07, 6.45) is 7.23. The van der Waals surface area contributed by atoms with E-state index in [0.29, 0.717) is 30.1 Å². The lowest BCUT2D eigenvalue weighted by Crippen LogP contribution is -2.33. The molecule has 2 aromatic heterocycles. The lowest BCUT2D eigenvalue weighted by molar-refractivity contribution is 0.410. The molecule has 0 radical (unpaired) electrons. The molecule has 0 saturated heterocycles. The van der Waals surface area contributed by atoms with Crippen LogP contribution in [0.4, 0.5) is 11.8 Å². The lowest BCUT2D eigenvalue weighted by atomic mass is 9.92. The van der Waals surface area contributed by atoms with Crippen LogP contribution in [0.3, 0.4) is 0 Å². The van der Waals surface area contributed by atoms with Crippen LogP contribution in [-0.4, -0.2) is 40.7 Å². The minimum absolute atomic E-state index is 0.0115. The number of benzene rings is 2. The summed E-state index contributed by atoms with van der Waals surface area (Å²) in [6, 6.07) is 12.8. The van der Waals surface area contributed by atoms with Gasteiger partial charge in [-0.3, -0.25) is 4.72 Å². The normalized spacial score (nSPS) is 17.7. The van der Waals surface area contributed by atoms with Gasteiger partial charge in [0, 0.05) is 29.2 Å². The Hall–Kier alpha value is -3.34. The number of hydrogen-bond acceptors (Lipinski definition) is 8. The van der Waals surface area contributed by atoms with Crippen LogP contribution in [0, 0.1) is 0 Å². The summed E-state index contributed by atoms with van der Waals surface area (Å²) >= 11 is 6.12. The average molecular weight is 566 g/mol. The van der Waals surface area contributed by atoms with Gasteiger partial charge in [-0.05, 0) is 80.0 Å². The number of rotatable bonds is 8. The van der Waals surface area contributed by atoms with Gasteiger partial charge in [-0.15, -0.1) is 10.2 Å². The van der Waals surface area contributed by atoms with Gasteiger partial charge in [0.1, 0.15) is 4.90 Å². The van der Waals surface area contributed by atoms with Gasteiger partial charge in [0.25, 0.3) is 10.0 Å². The molecule has 0 spiro atoms. The first-order valence-corrected chi connectivity index (χ1v) is 15.1. The van der Waals surface area contributed by atoms with Crippen molar-refractivity contribution in [1.82, 2.24) is 20.2 Å². The maximum atomic E-state index is 13.0. The largest absolute Gasteiger partial charge is 0.351 e. The predicted molar refractivity (Wildman–Crippen MR) is 155 cm³/mol. The molecule has 2 heterocycles. The number of halogens is 1. The first-order chi connectivity index (χ1) is 18.8. The summed E-state index contributed by atoms with van der Waals surface area (Å²) in [5, 5.41) is 13.1. The summed E-state index contributed by atoms with van der Waals surface area (Å²) in [5.41, 5.74) is 10.2. The highest BCUT2D eigenvalue weighted by atomic mass is 35.5. The van der Waals surface area contributed by atoms with Gasteiger partial charge >= 0.3 is 0 Å². The van der Waals surface area contributed by atoms with Gasteiger partial charge in [-0.1, -0.05) is 37.6 Å². The standard InChI is InChI=1S/C28H32ClN7O2S/c1-3-17-13-19(14-20-16-31-28(33-26(17)20)32-22-11-9-21(30)10-12-22)24-15-18(4-2)27(35-34-24)36-39(37,38)25-8-6-5-7-23(25)29/h5-8,13-16,21-22H,3-4,9-12,30H2,1-2H3,(H,35,36)(H,31,32,33)/t21-,22-. The van der Waals surface area contributed by atoms with E-state index in [1.165, 1.54) is 12.1 Å². The molecule has 204 valence electrons. The van der Waals surface area contributed by atoms with E-state index in [-0.39, 0.29) is 15.7 Å². The fourth-order valence-corrected chi connectivity index (χ4v) is 6.48. The second kappa shape index (κ2) is 11.4. The molecule has 2 aromatic carbocycles. The van der Waals surface area contributed by atoms with E-state index in [1.807, 2.05) is 25.3 Å². The van der Waals surface area contributed by atoms with Crippen LogP contribution in [0.1, 0.15) is 50.7 Å². The Morgan fingerprint density at radius 2 is 1.74 bits per heavy atom. The number of hydrogen-bond donors (Lipinski definition) is 3. The van der Waals surface area contributed by atoms with Gasteiger partial charge in [0.2, 0.25) is 5.95 Å². The van der Waals surface area contributed by atoms with Crippen LogP contribution in [-0.2, 0) is 22.9 Å².